The Kier molecular flexibility index (Phi) is 3.70. The highest BCUT2D eigenvalue weighted by atomic mass is 19.4. The Morgan fingerprint density at radius 2 is 2.22 bits per heavy atom. The second-order valence-electron chi connectivity index (χ2n) is 3.23. The number of hydrogen-bond acceptors (Lipinski definition) is 5. The van der Waals surface area contributed by atoms with E-state index in [2.05, 4.69) is 9.72 Å². The van der Waals surface area contributed by atoms with E-state index in [9.17, 15) is 23.3 Å². The van der Waals surface area contributed by atoms with E-state index in [1.807, 2.05) is 0 Å². The molecule has 0 bridgehead atoms. The van der Waals surface area contributed by atoms with Crippen LogP contribution < -0.4 is 4.74 Å². The van der Waals surface area contributed by atoms with Crippen LogP contribution in [0, 0.1) is 28.4 Å². The number of ether oxygens (including phenoxy) is 1. The fourth-order valence-corrected chi connectivity index (χ4v) is 1.24. The molecule has 0 saturated carbocycles. The highest BCUT2D eigenvalue weighted by Gasteiger charge is 2.36. The molecule has 0 atom stereocenters. The number of alkyl halides is 3. The summed E-state index contributed by atoms with van der Waals surface area (Å²) in [6.07, 6.45) is -5.42. The normalized spacial score (nSPS) is 10.8. The number of nitriles is 1. The molecule has 0 aliphatic carbocycles. The van der Waals surface area contributed by atoms with E-state index >= 15 is 0 Å². The van der Waals surface area contributed by atoms with Gasteiger partial charge >= 0.3 is 18.1 Å². The summed E-state index contributed by atoms with van der Waals surface area (Å²) in [4.78, 5) is 12.8. The minimum Gasteiger partial charge on any atom is -0.366 e. The number of halogens is 3. The van der Waals surface area contributed by atoms with Gasteiger partial charge in [0, 0.05) is 10.5 Å². The first-order chi connectivity index (χ1) is 8.24. The Balaban J connectivity index is 3.31. The summed E-state index contributed by atoms with van der Waals surface area (Å²) in [6, 6.07) is 2.71. The first kappa shape index (κ1) is 13.7. The minimum absolute atomic E-state index is 0.0553. The molecule has 0 aliphatic rings. The Morgan fingerprint density at radius 3 is 2.67 bits per heavy atom. The predicted molar refractivity (Wildman–Crippen MR) is 51.6 cm³/mol. The van der Waals surface area contributed by atoms with Gasteiger partial charge in [-0.05, 0) is 17.9 Å². The van der Waals surface area contributed by atoms with Gasteiger partial charge in [-0.3, -0.25) is 0 Å². The third kappa shape index (κ3) is 3.31. The van der Waals surface area contributed by atoms with Gasteiger partial charge in [0.1, 0.15) is 0 Å². The molecule has 0 radical (unpaired) electrons. The second-order valence-corrected chi connectivity index (χ2v) is 3.23. The molecule has 0 aliphatic heterocycles. The molecule has 1 heterocycles. The fraction of sp³-hybridized carbons (Fsp3) is 0.333. The van der Waals surface area contributed by atoms with Crippen molar-refractivity contribution in [1.82, 2.24) is 4.98 Å². The SMILES string of the molecule is Cc1cc(CC#N)c(OC(F)(F)F)nc1[N+](=O)[O-]. The van der Waals surface area contributed by atoms with Crippen LogP contribution in [-0.4, -0.2) is 16.3 Å². The number of nitrogens with zero attached hydrogens (tertiary/aromatic N) is 3. The van der Waals surface area contributed by atoms with Crippen LogP contribution in [0.1, 0.15) is 11.1 Å². The number of nitro groups is 1. The summed E-state index contributed by atoms with van der Waals surface area (Å²) >= 11 is 0. The van der Waals surface area contributed by atoms with Crippen LogP contribution in [0.25, 0.3) is 0 Å². The minimum atomic E-state index is -5.03. The molecule has 1 aromatic rings. The van der Waals surface area contributed by atoms with Gasteiger partial charge in [-0.25, -0.2) is 0 Å². The van der Waals surface area contributed by atoms with Crippen molar-refractivity contribution >= 4 is 5.82 Å². The molecule has 0 N–H and O–H groups in total. The maximum Gasteiger partial charge on any atom is 0.575 e. The third-order valence-corrected chi connectivity index (χ3v) is 1.88. The molecule has 0 unspecified atom stereocenters. The lowest BCUT2D eigenvalue weighted by Crippen LogP contribution is -2.19. The molecule has 0 fully saturated rings. The molecule has 96 valence electrons. The van der Waals surface area contributed by atoms with E-state index in [4.69, 9.17) is 5.26 Å². The zero-order chi connectivity index (χ0) is 13.9. The number of hydrogen-bond donors (Lipinski definition) is 0. The molecular formula is C9H6F3N3O3. The summed E-state index contributed by atoms with van der Waals surface area (Å²) in [5, 5.41) is 19.0. The van der Waals surface area contributed by atoms with E-state index < -0.39 is 29.4 Å². The quantitative estimate of drug-likeness (QED) is 0.615. The van der Waals surface area contributed by atoms with Crippen molar-refractivity contribution in [2.45, 2.75) is 19.7 Å². The zero-order valence-electron chi connectivity index (χ0n) is 8.98. The molecule has 0 amide bonds. The molecule has 18 heavy (non-hydrogen) atoms. The van der Waals surface area contributed by atoms with Gasteiger partial charge in [0.25, 0.3) is 0 Å². The van der Waals surface area contributed by atoms with Crippen LogP contribution >= 0.6 is 0 Å². The van der Waals surface area contributed by atoms with Crippen molar-refractivity contribution < 1.29 is 22.8 Å². The van der Waals surface area contributed by atoms with Crippen LogP contribution in [0.2, 0.25) is 0 Å². The van der Waals surface area contributed by atoms with Crippen LogP contribution in [0.3, 0.4) is 0 Å². The van der Waals surface area contributed by atoms with E-state index in [0.717, 1.165) is 6.07 Å². The Bertz CT molecular complexity index is 522. The number of aryl methyl sites for hydroxylation is 1. The molecule has 0 spiro atoms. The molecule has 6 nitrogen and oxygen atoms in total. The topological polar surface area (TPSA) is 89.0 Å². The summed E-state index contributed by atoms with van der Waals surface area (Å²) in [5.41, 5.74) is -0.0994. The largest absolute Gasteiger partial charge is 0.575 e. The van der Waals surface area contributed by atoms with Gasteiger partial charge in [-0.2, -0.15) is 5.26 Å². The second kappa shape index (κ2) is 4.87. The van der Waals surface area contributed by atoms with Gasteiger partial charge in [0.2, 0.25) is 0 Å². The fourth-order valence-electron chi connectivity index (χ4n) is 1.24. The summed E-state index contributed by atoms with van der Waals surface area (Å²) in [5.74, 6) is -1.71. The Morgan fingerprint density at radius 1 is 1.61 bits per heavy atom. The molecule has 1 rings (SSSR count). The monoisotopic (exact) mass is 261 g/mol. The smallest absolute Gasteiger partial charge is 0.366 e. The lowest BCUT2D eigenvalue weighted by Gasteiger charge is -2.08. The van der Waals surface area contributed by atoms with E-state index in [0.29, 0.717) is 0 Å². The first-order valence-corrected chi connectivity index (χ1v) is 4.52. The number of pyridine rings is 1. The van der Waals surface area contributed by atoms with Crippen LogP contribution in [0.4, 0.5) is 19.0 Å². The first-order valence-electron chi connectivity index (χ1n) is 4.52. The van der Waals surface area contributed by atoms with E-state index in [1.54, 1.807) is 6.07 Å². The Hall–Kier alpha value is -2.37. The summed E-state index contributed by atoms with van der Waals surface area (Å²) < 4.78 is 39.8. The van der Waals surface area contributed by atoms with Gasteiger partial charge in [0.05, 0.1) is 18.1 Å². The van der Waals surface area contributed by atoms with Gasteiger partial charge in [-0.1, -0.05) is 0 Å². The molecule has 0 saturated heterocycles. The predicted octanol–water partition coefficient (Wildman–Crippen LogP) is 2.26. The number of aromatic nitrogens is 1. The van der Waals surface area contributed by atoms with Crippen molar-refractivity contribution in [1.29, 1.82) is 5.26 Å². The molecular weight excluding hydrogens is 255 g/mol. The lowest BCUT2D eigenvalue weighted by molar-refractivity contribution is -0.390. The van der Waals surface area contributed by atoms with Crippen LogP contribution in [-0.2, 0) is 6.42 Å². The summed E-state index contributed by atoms with van der Waals surface area (Å²) in [6.45, 7) is 1.31. The third-order valence-electron chi connectivity index (χ3n) is 1.88. The highest BCUT2D eigenvalue weighted by Crippen LogP contribution is 2.29. The average molecular weight is 261 g/mol. The Labute approximate surface area is 98.8 Å². The van der Waals surface area contributed by atoms with Crippen LogP contribution in [0.5, 0.6) is 5.88 Å². The molecule has 9 heteroatoms. The maximum absolute atomic E-state index is 12.1. The van der Waals surface area contributed by atoms with Crippen molar-refractivity contribution in [2.24, 2.45) is 0 Å². The van der Waals surface area contributed by atoms with E-state index in [1.165, 1.54) is 6.92 Å². The van der Waals surface area contributed by atoms with Crippen LogP contribution in [0.15, 0.2) is 6.07 Å². The van der Waals surface area contributed by atoms with Crippen molar-refractivity contribution in [2.75, 3.05) is 0 Å². The van der Waals surface area contributed by atoms with Crippen molar-refractivity contribution in [3.63, 3.8) is 0 Å². The zero-order valence-corrected chi connectivity index (χ0v) is 8.98. The summed E-state index contributed by atoms with van der Waals surface area (Å²) in [7, 11) is 0. The van der Waals surface area contributed by atoms with Gasteiger partial charge in [-0.15, -0.1) is 13.2 Å². The standard InChI is InChI=1S/C9H6F3N3O3/c1-5-4-6(2-3-13)8(18-9(10,11)12)14-7(5)15(16)17/h4H,2H2,1H3. The van der Waals surface area contributed by atoms with Crippen molar-refractivity contribution in [3.8, 4) is 11.9 Å². The maximum atomic E-state index is 12.1. The van der Waals surface area contributed by atoms with Gasteiger partial charge < -0.3 is 14.9 Å². The lowest BCUT2D eigenvalue weighted by atomic mass is 10.1. The van der Waals surface area contributed by atoms with E-state index in [-0.39, 0.29) is 11.1 Å². The van der Waals surface area contributed by atoms with Crippen molar-refractivity contribution in [3.05, 3.63) is 27.3 Å². The van der Waals surface area contributed by atoms with Gasteiger partial charge in [0.15, 0.2) is 0 Å². The highest BCUT2D eigenvalue weighted by molar-refractivity contribution is 5.41. The average Bonchev–Trinajstić information content (AvgIpc) is 2.19. The molecule has 1 aromatic heterocycles. The molecule has 0 aromatic carbocycles. The number of rotatable bonds is 3.